The van der Waals surface area contributed by atoms with E-state index in [0.29, 0.717) is 22.0 Å². The van der Waals surface area contributed by atoms with Gasteiger partial charge in [0.05, 0.1) is 11.0 Å². The highest BCUT2D eigenvalue weighted by Gasteiger charge is 2.18. The van der Waals surface area contributed by atoms with Gasteiger partial charge < -0.3 is 10.1 Å². The molecule has 0 atom stereocenters. The largest absolute Gasteiger partial charge is 0.477 e. The van der Waals surface area contributed by atoms with Crippen molar-refractivity contribution in [2.24, 2.45) is 0 Å². The fraction of sp³-hybridized carbons (Fsp3) is 0.0909. The van der Waals surface area contributed by atoms with Crippen LogP contribution in [-0.4, -0.2) is 25.4 Å². The quantitative estimate of drug-likeness (QED) is 0.696. The number of carboxylic acids is 1. The molecule has 6 heteroatoms. The Labute approximate surface area is 101 Å². The van der Waals surface area contributed by atoms with Gasteiger partial charge in [-0.25, -0.2) is 9.78 Å². The molecule has 86 valence electrons. The molecule has 3 aromatic rings. The molecule has 0 fully saturated rings. The molecule has 2 aromatic heterocycles. The molecule has 5 nitrogen and oxygen atoms in total. The van der Waals surface area contributed by atoms with Crippen LogP contribution in [0.25, 0.3) is 16.8 Å². The minimum absolute atomic E-state index is 0.199. The topological polar surface area (TPSA) is 70.4 Å². The number of hydrogen-bond acceptors (Lipinski definition) is 2. The lowest BCUT2D eigenvalue weighted by atomic mass is 10.3. The van der Waals surface area contributed by atoms with Crippen molar-refractivity contribution >= 4 is 34.4 Å². The third kappa shape index (κ3) is 1.32. The molecule has 2 N–H and O–H groups in total. The van der Waals surface area contributed by atoms with Crippen molar-refractivity contribution in [1.82, 2.24) is 14.4 Å². The van der Waals surface area contributed by atoms with Gasteiger partial charge in [0.15, 0.2) is 5.69 Å². The minimum atomic E-state index is -0.983. The van der Waals surface area contributed by atoms with Gasteiger partial charge in [-0.1, -0.05) is 11.6 Å². The number of imidazole rings is 2. The molecule has 0 saturated heterocycles. The van der Waals surface area contributed by atoms with Crippen molar-refractivity contribution in [3.63, 3.8) is 0 Å². The summed E-state index contributed by atoms with van der Waals surface area (Å²) in [5, 5.41) is 9.77. The molecule has 0 aliphatic rings. The van der Waals surface area contributed by atoms with E-state index in [1.807, 2.05) is 0 Å². The average Bonchev–Trinajstić information content (AvgIpc) is 2.70. The number of hydrogen-bond donors (Lipinski definition) is 2. The summed E-state index contributed by atoms with van der Waals surface area (Å²) < 4.78 is 1.59. The predicted octanol–water partition coefficient (Wildman–Crippen LogP) is 2.48. The normalized spacial score (nSPS) is 11.4. The Kier molecular flexibility index (Phi) is 1.94. The average molecular weight is 250 g/mol. The van der Waals surface area contributed by atoms with Crippen LogP contribution in [0.4, 0.5) is 0 Å². The number of halogens is 1. The molecule has 0 radical (unpaired) electrons. The number of aromatic nitrogens is 3. The second kappa shape index (κ2) is 3.24. The van der Waals surface area contributed by atoms with Crippen molar-refractivity contribution in [2.75, 3.05) is 0 Å². The Morgan fingerprint density at radius 3 is 3.00 bits per heavy atom. The predicted molar refractivity (Wildman–Crippen MR) is 63.8 cm³/mol. The molecule has 0 aliphatic carbocycles. The van der Waals surface area contributed by atoms with Crippen molar-refractivity contribution in [3.05, 3.63) is 34.6 Å². The van der Waals surface area contributed by atoms with Crippen LogP contribution in [0.1, 0.15) is 16.2 Å². The van der Waals surface area contributed by atoms with Crippen molar-refractivity contribution in [1.29, 1.82) is 0 Å². The maximum Gasteiger partial charge on any atom is 0.354 e. The number of H-pyrrole nitrogens is 1. The van der Waals surface area contributed by atoms with E-state index in [1.165, 1.54) is 0 Å². The standard InChI is InChI=1S/C11H8ClN3O2/c1-5-9(10(16)17)15-8-3-2-6(12)4-7(8)14-11(15)13-5/h2-4H,1H3,(H,13,14)(H,16,17). The van der Waals surface area contributed by atoms with Crippen LogP contribution in [-0.2, 0) is 0 Å². The van der Waals surface area contributed by atoms with Gasteiger partial charge in [0.2, 0.25) is 5.78 Å². The minimum Gasteiger partial charge on any atom is -0.477 e. The van der Waals surface area contributed by atoms with Gasteiger partial charge >= 0.3 is 5.97 Å². The Balaban J connectivity index is 2.52. The van der Waals surface area contributed by atoms with Crippen molar-refractivity contribution in [2.45, 2.75) is 6.92 Å². The number of rotatable bonds is 1. The molecule has 0 aliphatic heterocycles. The zero-order valence-corrected chi connectivity index (χ0v) is 9.62. The molecule has 0 saturated carbocycles. The number of carboxylic acid groups (broad SMARTS) is 1. The molecule has 0 bridgehead atoms. The zero-order valence-electron chi connectivity index (χ0n) is 8.86. The van der Waals surface area contributed by atoms with Gasteiger partial charge in [0, 0.05) is 10.7 Å². The van der Waals surface area contributed by atoms with Crippen LogP contribution in [0.15, 0.2) is 18.2 Å². The fourth-order valence-electron chi connectivity index (χ4n) is 2.01. The second-order valence-corrected chi connectivity index (χ2v) is 4.24. The zero-order chi connectivity index (χ0) is 12.2. The summed E-state index contributed by atoms with van der Waals surface area (Å²) in [5.41, 5.74) is 2.18. The number of benzene rings is 1. The monoisotopic (exact) mass is 249 g/mol. The smallest absolute Gasteiger partial charge is 0.354 e. The van der Waals surface area contributed by atoms with Crippen LogP contribution >= 0.6 is 11.6 Å². The van der Waals surface area contributed by atoms with Crippen molar-refractivity contribution < 1.29 is 9.90 Å². The Hall–Kier alpha value is -2.01. The first-order chi connectivity index (χ1) is 8.08. The third-order valence-corrected chi connectivity index (χ3v) is 2.93. The summed E-state index contributed by atoms with van der Waals surface area (Å²) >= 11 is 5.87. The van der Waals surface area contributed by atoms with E-state index in [-0.39, 0.29) is 5.69 Å². The highest BCUT2D eigenvalue weighted by molar-refractivity contribution is 6.31. The number of nitrogens with one attached hydrogen (secondary N) is 1. The number of aromatic carboxylic acids is 1. The second-order valence-electron chi connectivity index (χ2n) is 3.81. The summed E-state index contributed by atoms with van der Waals surface area (Å²) in [6.07, 6.45) is 0. The first kappa shape index (κ1) is 10.2. The van der Waals surface area contributed by atoms with Gasteiger partial charge in [-0.2, -0.15) is 0 Å². The summed E-state index contributed by atoms with van der Waals surface area (Å²) in [6, 6.07) is 5.18. The van der Waals surface area contributed by atoms with Gasteiger partial charge in [0.25, 0.3) is 0 Å². The lowest BCUT2D eigenvalue weighted by molar-refractivity contribution is 0.0689. The molecule has 2 heterocycles. The van der Waals surface area contributed by atoms with Crippen LogP contribution < -0.4 is 0 Å². The highest BCUT2D eigenvalue weighted by atomic mass is 35.5. The highest BCUT2D eigenvalue weighted by Crippen LogP contribution is 2.23. The maximum atomic E-state index is 11.2. The van der Waals surface area contributed by atoms with Crippen LogP contribution in [0.3, 0.4) is 0 Å². The first-order valence-corrected chi connectivity index (χ1v) is 5.35. The first-order valence-electron chi connectivity index (χ1n) is 4.97. The lowest BCUT2D eigenvalue weighted by Gasteiger charge is -1.96. The molecule has 3 rings (SSSR count). The summed E-state index contributed by atoms with van der Waals surface area (Å²) in [5.74, 6) is -0.472. The molecule has 1 aromatic carbocycles. The van der Waals surface area contributed by atoms with E-state index in [4.69, 9.17) is 11.6 Å². The van der Waals surface area contributed by atoms with E-state index in [2.05, 4.69) is 9.97 Å². The molecule has 17 heavy (non-hydrogen) atoms. The van der Waals surface area contributed by atoms with Gasteiger partial charge in [0.1, 0.15) is 0 Å². The van der Waals surface area contributed by atoms with E-state index in [1.54, 1.807) is 29.5 Å². The molecule has 0 spiro atoms. The fourth-order valence-corrected chi connectivity index (χ4v) is 2.18. The van der Waals surface area contributed by atoms with Crippen molar-refractivity contribution in [3.8, 4) is 0 Å². The molecular weight excluding hydrogens is 242 g/mol. The summed E-state index contributed by atoms with van der Waals surface area (Å²) in [7, 11) is 0. The molecular formula is C11H8ClN3O2. The number of aryl methyl sites for hydroxylation is 1. The van der Waals surface area contributed by atoms with Crippen LogP contribution in [0.2, 0.25) is 5.02 Å². The SMILES string of the molecule is Cc1[nH]c2nc3cc(Cl)ccc3n2c1C(=O)O. The molecule has 0 amide bonds. The Bertz CT molecular complexity index is 757. The third-order valence-electron chi connectivity index (χ3n) is 2.70. The van der Waals surface area contributed by atoms with Crippen LogP contribution in [0.5, 0.6) is 0 Å². The number of fused-ring (bicyclic) bond motifs is 3. The number of aromatic amines is 1. The van der Waals surface area contributed by atoms with Gasteiger partial charge in [-0.15, -0.1) is 0 Å². The lowest BCUT2D eigenvalue weighted by Crippen LogP contribution is -2.02. The van der Waals surface area contributed by atoms with E-state index >= 15 is 0 Å². The van der Waals surface area contributed by atoms with E-state index < -0.39 is 5.97 Å². The van der Waals surface area contributed by atoms with Gasteiger partial charge in [-0.3, -0.25) is 4.40 Å². The number of nitrogens with zero attached hydrogens (tertiary/aromatic N) is 2. The van der Waals surface area contributed by atoms with Crippen LogP contribution in [0, 0.1) is 6.92 Å². The molecule has 0 unspecified atom stereocenters. The maximum absolute atomic E-state index is 11.2. The van der Waals surface area contributed by atoms with E-state index in [9.17, 15) is 9.90 Å². The summed E-state index contributed by atoms with van der Waals surface area (Å²) in [6.45, 7) is 1.71. The number of carbonyl (C=O) groups is 1. The van der Waals surface area contributed by atoms with Gasteiger partial charge in [-0.05, 0) is 25.1 Å². The Morgan fingerprint density at radius 2 is 2.29 bits per heavy atom. The summed E-state index contributed by atoms with van der Waals surface area (Å²) in [4.78, 5) is 18.5. The van der Waals surface area contributed by atoms with E-state index in [0.717, 1.165) is 5.52 Å². The Morgan fingerprint density at radius 1 is 1.53 bits per heavy atom.